The first-order chi connectivity index (χ1) is 10.6. The molecular weight excluding hydrogens is 301 g/mol. The summed E-state index contributed by atoms with van der Waals surface area (Å²) in [6.07, 6.45) is 1.28. The number of aryl methyl sites for hydroxylation is 1. The second-order valence-corrected chi connectivity index (χ2v) is 6.38. The van der Waals surface area contributed by atoms with E-state index in [2.05, 4.69) is 0 Å². The molecule has 23 heavy (non-hydrogen) atoms. The van der Waals surface area contributed by atoms with Crippen LogP contribution in [0.25, 0.3) is 10.9 Å². The highest BCUT2D eigenvalue weighted by molar-refractivity contribution is 5.95. The summed E-state index contributed by atoms with van der Waals surface area (Å²) in [6, 6.07) is 1.11. The van der Waals surface area contributed by atoms with Crippen LogP contribution in [0, 0.1) is 5.82 Å². The third-order valence-corrected chi connectivity index (χ3v) is 3.79. The molecule has 0 aliphatic carbocycles. The quantitative estimate of drug-likeness (QED) is 0.943. The van der Waals surface area contributed by atoms with Crippen molar-refractivity contribution < 1.29 is 19.0 Å². The number of halogens is 1. The van der Waals surface area contributed by atoms with E-state index < -0.39 is 22.6 Å². The number of fused-ring (bicyclic) bond motifs is 1. The van der Waals surface area contributed by atoms with E-state index in [1.165, 1.54) is 13.3 Å². The van der Waals surface area contributed by atoms with Gasteiger partial charge < -0.3 is 14.4 Å². The molecule has 0 atom stereocenters. The Bertz CT molecular complexity index is 847. The molecule has 124 valence electrons. The van der Waals surface area contributed by atoms with Gasteiger partial charge in [-0.2, -0.15) is 0 Å². The molecule has 0 spiro atoms. The predicted molar refractivity (Wildman–Crippen MR) is 86.1 cm³/mol. The molecule has 1 N–H and O–H groups in total. The van der Waals surface area contributed by atoms with Gasteiger partial charge in [-0.15, -0.1) is 0 Å². The average Bonchev–Trinajstić information content (AvgIpc) is 2.45. The average molecular weight is 321 g/mol. The highest BCUT2D eigenvalue weighted by atomic mass is 19.1. The Balaban J connectivity index is 3.12. The number of carboxylic acids is 1. The summed E-state index contributed by atoms with van der Waals surface area (Å²) in [5.41, 5.74) is -0.864. The second-order valence-electron chi connectivity index (χ2n) is 6.38. The summed E-state index contributed by atoms with van der Waals surface area (Å²) in [5.74, 6) is -1.65. The molecule has 0 saturated carbocycles. The molecule has 0 bridgehead atoms. The van der Waals surface area contributed by atoms with E-state index in [0.29, 0.717) is 17.6 Å². The van der Waals surface area contributed by atoms with Crippen molar-refractivity contribution in [1.82, 2.24) is 4.57 Å². The number of pyridine rings is 1. The number of ether oxygens (including phenoxy) is 1. The molecule has 6 heteroatoms. The van der Waals surface area contributed by atoms with Gasteiger partial charge in [0.15, 0.2) is 0 Å². The number of carbonyl (C=O) groups is 1. The summed E-state index contributed by atoms with van der Waals surface area (Å²) in [5, 5.41) is 9.19. The summed E-state index contributed by atoms with van der Waals surface area (Å²) < 4.78 is 21.7. The molecule has 0 amide bonds. The van der Waals surface area contributed by atoms with Crippen molar-refractivity contribution in [3.8, 4) is 5.75 Å². The summed E-state index contributed by atoms with van der Waals surface area (Å²) >= 11 is 0. The Morgan fingerprint density at radius 2 is 2.00 bits per heavy atom. The topological polar surface area (TPSA) is 68.5 Å². The number of rotatable bonds is 3. The summed E-state index contributed by atoms with van der Waals surface area (Å²) in [7, 11) is 1.42. The highest BCUT2D eigenvalue weighted by Gasteiger charge is 2.28. The second kappa shape index (κ2) is 5.68. The molecular formula is C17H20FNO4. The minimum Gasteiger partial charge on any atom is -0.494 e. The molecule has 2 aromatic rings. The van der Waals surface area contributed by atoms with Crippen LogP contribution in [-0.2, 0) is 12.0 Å². The minimum absolute atomic E-state index is 0.00843. The summed E-state index contributed by atoms with van der Waals surface area (Å²) in [6.45, 7) is 7.77. The van der Waals surface area contributed by atoms with Gasteiger partial charge in [-0.3, -0.25) is 4.79 Å². The number of hydrogen-bond acceptors (Lipinski definition) is 3. The van der Waals surface area contributed by atoms with Gasteiger partial charge in [-0.25, -0.2) is 9.18 Å². The molecule has 2 rings (SSSR count). The van der Waals surface area contributed by atoms with Crippen LogP contribution >= 0.6 is 0 Å². The zero-order valence-corrected chi connectivity index (χ0v) is 13.9. The number of methoxy groups -OCH3 is 1. The van der Waals surface area contributed by atoms with E-state index in [0.717, 1.165) is 6.07 Å². The van der Waals surface area contributed by atoms with Gasteiger partial charge in [0.05, 0.1) is 18.0 Å². The fraction of sp³-hybridized carbons (Fsp3) is 0.412. The number of aromatic carboxylic acids is 1. The van der Waals surface area contributed by atoms with Crippen molar-refractivity contribution in [2.24, 2.45) is 0 Å². The smallest absolute Gasteiger partial charge is 0.341 e. The van der Waals surface area contributed by atoms with Gasteiger partial charge in [0, 0.05) is 18.3 Å². The predicted octanol–water partition coefficient (Wildman–Crippen LogP) is 3.16. The Labute approximate surface area is 133 Å². The third-order valence-electron chi connectivity index (χ3n) is 3.79. The van der Waals surface area contributed by atoms with Gasteiger partial charge in [0.2, 0.25) is 5.43 Å². The van der Waals surface area contributed by atoms with Gasteiger partial charge in [-0.1, -0.05) is 20.8 Å². The van der Waals surface area contributed by atoms with Crippen LogP contribution in [0.5, 0.6) is 5.75 Å². The first-order valence-electron chi connectivity index (χ1n) is 7.30. The fourth-order valence-corrected chi connectivity index (χ4v) is 2.80. The maximum atomic E-state index is 14.6. The van der Waals surface area contributed by atoms with Gasteiger partial charge in [0.25, 0.3) is 0 Å². The van der Waals surface area contributed by atoms with Crippen molar-refractivity contribution in [2.45, 2.75) is 39.7 Å². The van der Waals surface area contributed by atoms with E-state index >= 15 is 0 Å². The Morgan fingerprint density at radius 1 is 1.39 bits per heavy atom. The maximum absolute atomic E-state index is 14.6. The molecule has 0 aliphatic heterocycles. The van der Waals surface area contributed by atoms with E-state index in [9.17, 15) is 19.1 Å². The minimum atomic E-state index is -1.33. The van der Waals surface area contributed by atoms with Crippen molar-refractivity contribution in [3.05, 3.63) is 39.4 Å². The van der Waals surface area contributed by atoms with Gasteiger partial charge in [0.1, 0.15) is 17.1 Å². The molecule has 0 unspecified atom stereocenters. The zero-order chi connectivity index (χ0) is 17.5. The molecule has 1 aromatic carbocycles. The number of nitrogens with zero attached hydrogens (tertiary/aromatic N) is 1. The van der Waals surface area contributed by atoms with E-state index in [1.807, 2.05) is 27.7 Å². The Kier molecular flexibility index (Phi) is 4.20. The number of hydrogen-bond donors (Lipinski definition) is 1. The van der Waals surface area contributed by atoms with Crippen LogP contribution in [0.15, 0.2) is 17.1 Å². The van der Waals surface area contributed by atoms with Crippen LogP contribution in [0.3, 0.4) is 0 Å². The lowest BCUT2D eigenvalue weighted by atomic mass is 9.85. The molecule has 5 nitrogen and oxygen atoms in total. The Morgan fingerprint density at radius 3 is 2.43 bits per heavy atom. The van der Waals surface area contributed by atoms with Gasteiger partial charge in [-0.05, 0) is 18.4 Å². The Hall–Kier alpha value is -2.37. The largest absolute Gasteiger partial charge is 0.494 e. The molecule has 0 fully saturated rings. The zero-order valence-electron chi connectivity index (χ0n) is 13.9. The van der Waals surface area contributed by atoms with E-state index in [1.54, 1.807) is 4.57 Å². The lowest BCUT2D eigenvalue weighted by molar-refractivity contribution is 0.0695. The third kappa shape index (κ3) is 2.69. The van der Waals surface area contributed by atoms with Crippen LogP contribution in [0.1, 0.15) is 43.6 Å². The normalized spacial score (nSPS) is 11.7. The van der Waals surface area contributed by atoms with Crippen LogP contribution in [-0.4, -0.2) is 22.8 Å². The van der Waals surface area contributed by atoms with E-state index in [4.69, 9.17) is 4.74 Å². The molecule has 0 radical (unpaired) electrons. The number of carboxylic acid groups (broad SMARTS) is 1. The molecule has 1 aromatic heterocycles. The molecule has 0 saturated heterocycles. The monoisotopic (exact) mass is 321 g/mol. The number of benzene rings is 1. The first kappa shape index (κ1) is 17.0. The first-order valence-corrected chi connectivity index (χ1v) is 7.30. The van der Waals surface area contributed by atoms with Gasteiger partial charge >= 0.3 is 5.97 Å². The van der Waals surface area contributed by atoms with Crippen LogP contribution < -0.4 is 10.2 Å². The van der Waals surface area contributed by atoms with Crippen molar-refractivity contribution in [3.63, 3.8) is 0 Å². The lowest BCUT2D eigenvalue weighted by Gasteiger charge is -2.25. The standard InChI is InChI=1S/C17H20FNO4/c1-6-19-8-10(16(21)22)14(20)9-7-11(18)12(17(2,3)4)15(23-5)13(9)19/h7-8H,6H2,1-5H3,(H,21,22). The van der Waals surface area contributed by atoms with E-state index in [-0.39, 0.29) is 16.7 Å². The number of aromatic nitrogens is 1. The summed E-state index contributed by atoms with van der Waals surface area (Å²) in [4.78, 5) is 23.7. The van der Waals surface area contributed by atoms with Crippen LogP contribution in [0.4, 0.5) is 4.39 Å². The molecule has 1 heterocycles. The van der Waals surface area contributed by atoms with Crippen molar-refractivity contribution >= 4 is 16.9 Å². The van der Waals surface area contributed by atoms with Crippen molar-refractivity contribution in [2.75, 3.05) is 7.11 Å². The van der Waals surface area contributed by atoms with Crippen LogP contribution in [0.2, 0.25) is 0 Å². The maximum Gasteiger partial charge on any atom is 0.341 e. The lowest BCUT2D eigenvalue weighted by Crippen LogP contribution is -2.22. The SMILES string of the molecule is CCn1cc(C(=O)O)c(=O)c2cc(F)c(C(C)(C)C)c(OC)c21. The molecule has 0 aliphatic rings. The fourth-order valence-electron chi connectivity index (χ4n) is 2.80. The highest BCUT2D eigenvalue weighted by Crippen LogP contribution is 2.38. The van der Waals surface area contributed by atoms with Crippen molar-refractivity contribution in [1.29, 1.82) is 0 Å².